The van der Waals surface area contributed by atoms with E-state index in [1.165, 1.54) is 0 Å². The summed E-state index contributed by atoms with van der Waals surface area (Å²) in [6, 6.07) is 9.27. The molecule has 21 heavy (non-hydrogen) atoms. The molecule has 114 valence electrons. The Morgan fingerprint density at radius 2 is 2.00 bits per heavy atom. The Kier molecular flexibility index (Phi) is 4.99. The summed E-state index contributed by atoms with van der Waals surface area (Å²) >= 11 is 0. The van der Waals surface area contributed by atoms with Gasteiger partial charge in [0.1, 0.15) is 6.61 Å². The minimum Gasteiger partial charge on any atom is -0.465 e. The van der Waals surface area contributed by atoms with Gasteiger partial charge in [0.25, 0.3) is 0 Å². The maximum absolute atomic E-state index is 11.6. The third kappa shape index (κ3) is 4.35. The number of β-amino-alcohol motifs (C(OH)–C–C–N with tert-alkyl or cyclic N) is 1. The van der Waals surface area contributed by atoms with Crippen molar-refractivity contribution in [3.63, 3.8) is 0 Å². The van der Waals surface area contributed by atoms with Crippen LogP contribution in [-0.2, 0) is 11.3 Å². The SMILES string of the molecule is O=C(NC[C@@H]1CN(C(=O)O)C[C@H]1O)OCc1ccccc1. The van der Waals surface area contributed by atoms with Crippen LogP contribution in [-0.4, -0.2) is 53.0 Å². The first kappa shape index (κ1) is 15.1. The van der Waals surface area contributed by atoms with E-state index in [-0.39, 0.29) is 32.2 Å². The number of carboxylic acid groups (broad SMARTS) is 1. The first-order valence-electron chi connectivity index (χ1n) is 6.66. The number of hydrogen-bond acceptors (Lipinski definition) is 4. The van der Waals surface area contributed by atoms with E-state index in [1.54, 1.807) is 0 Å². The molecule has 1 aliphatic rings. The number of rotatable bonds is 4. The number of carbonyl (C=O) groups is 2. The second-order valence-corrected chi connectivity index (χ2v) is 4.96. The number of nitrogens with one attached hydrogen (secondary N) is 1. The van der Waals surface area contributed by atoms with Gasteiger partial charge in [-0.25, -0.2) is 9.59 Å². The van der Waals surface area contributed by atoms with E-state index in [0.717, 1.165) is 10.5 Å². The number of aliphatic hydroxyl groups excluding tert-OH is 1. The average Bonchev–Trinajstić information content (AvgIpc) is 2.85. The molecule has 1 heterocycles. The standard InChI is InChI=1S/C14H18N2O5/c17-12-8-16(14(19)20)7-11(12)6-15-13(18)21-9-10-4-2-1-3-5-10/h1-5,11-12,17H,6-9H2,(H,15,18)(H,19,20)/t11-,12-/m1/s1. The van der Waals surface area contributed by atoms with Crippen molar-refractivity contribution in [3.05, 3.63) is 35.9 Å². The summed E-state index contributed by atoms with van der Waals surface area (Å²) in [5.74, 6) is -0.314. The molecule has 0 aliphatic carbocycles. The van der Waals surface area contributed by atoms with E-state index in [4.69, 9.17) is 9.84 Å². The number of nitrogens with zero attached hydrogens (tertiary/aromatic N) is 1. The molecule has 0 saturated carbocycles. The van der Waals surface area contributed by atoms with Gasteiger partial charge in [-0.2, -0.15) is 0 Å². The van der Waals surface area contributed by atoms with Crippen LogP contribution in [0, 0.1) is 5.92 Å². The maximum atomic E-state index is 11.6. The van der Waals surface area contributed by atoms with Crippen molar-refractivity contribution in [3.8, 4) is 0 Å². The third-order valence-corrected chi connectivity index (χ3v) is 3.40. The number of amides is 2. The van der Waals surface area contributed by atoms with Gasteiger partial charge in [0, 0.05) is 19.0 Å². The third-order valence-electron chi connectivity index (χ3n) is 3.40. The lowest BCUT2D eigenvalue weighted by atomic mass is 10.1. The van der Waals surface area contributed by atoms with Crippen molar-refractivity contribution in [2.45, 2.75) is 12.7 Å². The molecule has 1 aromatic carbocycles. The molecule has 1 saturated heterocycles. The molecular formula is C14H18N2O5. The highest BCUT2D eigenvalue weighted by Crippen LogP contribution is 2.16. The van der Waals surface area contributed by atoms with Crippen molar-refractivity contribution in [2.75, 3.05) is 19.6 Å². The van der Waals surface area contributed by atoms with Gasteiger partial charge in [-0.15, -0.1) is 0 Å². The smallest absolute Gasteiger partial charge is 0.407 e. The first-order valence-corrected chi connectivity index (χ1v) is 6.66. The van der Waals surface area contributed by atoms with Crippen LogP contribution in [0.5, 0.6) is 0 Å². The highest BCUT2D eigenvalue weighted by molar-refractivity contribution is 5.67. The second-order valence-electron chi connectivity index (χ2n) is 4.96. The van der Waals surface area contributed by atoms with Crippen LogP contribution in [0.3, 0.4) is 0 Å². The fourth-order valence-corrected chi connectivity index (χ4v) is 2.20. The monoisotopic (exact) mass is 294 g/mol. The number of carbonyl (C=O) groups excluding carboxylic acids is 1. The number of likely N-dealkylation sites (tertiary alicyclic amines) is 1. The molecular weight excluding hydrogens is 276 g/mol. The molecule has 3 N–H and O–H groups in total. The van der Waals surface area contributed by atoms with Crippen LogP contribution in [0.25, 0.3) is 0 Å². The Hall–Kier alpha value is -2.28. The zero-order chi connectivity index (χ0) is 15.2. The number of hydrogen-bond donors (Lipinski definition) is 3. The Morgan fingerprint density at radius 3 is 2.62 bits per heavy atom. The molecule has 2 rings (SSSR count). The molecule has 1 fully saturated rings. The highest BCUT2D eigenvalue weighted by Gasteiger charge is 2.34. The van der Waals surface area contributed by atoms with Crippen LogP contribution in [0.4, 0.5) is 9.59 Å². The molecule has 0 unspecified atom stereocenters. The molecule has 0 radical (unpaired) electrons. The van der Waals surface area contributed by atoms with Gasteiger partial charge in [0.2, 0.25) is 0 Å². The maximum Gasteiger partial charge on any atom is 0.407 e. The summed E-state index contributed by atoms with van der Waals surface area (Å²) in [4.78, 5) is 23.5. The zero-order valence-corrected chi connectivity index (χ0v) is 11.4. The lowest BCUT2D eigenvalue weighted by molar-refractivity contribution is 0.122. The molecule has 2 amide bonds. The Bertz CT molecular complexity index is 493. The molecule has 0 spiro atoms. The van der Waals surface area contributed by atoms with Crippen LogP contribution >= 0.6 is 0 Å². The summed E-state index contributed by atoms with van der Waals surface area (Å²) in [6.45, 7) is 0.621. The highest BCUT2D eigenvalue weighted by atomic mass is 16.5. The van der Waals surface area contributed by atoms with Gasteiger partial charge >= 0.3 is 12.2 Å². The molecule has 7 nitrogen and oxygen atoms in total. The molecule has 0 bridgehead atoms. The van der Waals surface area contributed by atoms with E-state index in [2.05, 4.69) is 5.32 Å². The number of benzene rings is 1. The summed E-state index contributed by atoms with van der Waals surface area (Å²) in [7, 11) is 0. The minimum absolute atomic E-state index is 0.0702. The van der Waals surface area contributed by atoms with E-state index < -0.39 is 18.3 Å². The number of ether oxygens (including phenoxy) is 1. The van der Waals surface area contributed by atoms with E-state index in [1.807, 2.05) is 30.3 Å². The summed E-state index contributed by atoms with van der Waals surface area (Å²) in [5, 5.41) is 21.1. The molecule has 0 aromatic heterocycles. The van der Waals surface area contributed by atoms with Gasteiger partial charge in [-0.05, 0) is 5.56 Å². The zero-order valence-electron chi connectivity index (χ0n) is 11.4. The normalized spacial score (nSPS) is 21.1. The van der Waals surface area contributed by atoms with Gasteiger partial charge in [-0.1, -0.05) is 30.3 Å². The fourth-order valence-electron chi connectivity index (χ4n) is 2.20. The van der Waals surface area contributed by atoms with Gasteiger partial charge in [0.05, 0.1) is 12.6 Å². The topological polar surface area (TPSA) is 99.1 Å². The van der Waals surface area contributed by atoms with E-state index in [0.29, 0.717) is 0 Å². The van der Waals surface area contributed by atoms with Crippen LogP contribution in [0.15, 0.2) is 30.3 Å². The Morgan fingerprint density at radius 1 is 1.29 bits per heavy atom. The average molecular weight is 294 g/mol. The van der Waals surface area contributed by atoms with Crippen molar-refractivity contribution < 1.29 is 24.5 Å². The minimum atomic E-state index is -1.07. The molecule has 7 heteroatoms. The fraction of sp³-hybridized carbons (Fsp3) is 0.429. The van der Waals surface area contributed by atoms with Crippen LogP contribution < -0.4 is 5.32 Å². The summed E-state index contributed by atoms with van der Waals surface area (Å²) in [5.41, 5.74) is 0.880. The quantitative estimate of drug-likeness (QED) is 0.765. The summed E-state index contributed by atoms with van der Waals surface area (Å²) < 4.78 is 5.04. The predicted molar refractivity (Wildman–Crippen MR) is 73.7 cm³/mol. The predicted octanol–water partition coefficient (Wildman–Crippen LogP) is 0.883. The van der Waals surface area contributed by atoms with Crippen molar-refractivity contribution in [1.82, 2.24) is 10.2 Å². The van der Waals surface area contributed by atoms with E-state index in [9.17, 15) is 14.7 Å². The Labute approximate surface area is 122 Å². The van der Waals surface area contributed by atoms with Crippen LogP contribution in [0.1, 0.15) is 5.56 Å². The number of alkyl carbamates (subject to hydrolysis) is 1. The van der Waals surface area contributed by atoms with Crippen LogP contribution in [0.2, 0.25) is 0 Å². The lowest BCUT2D eigenvalue weighted by Crippen LogP contribution is -2.34. The van der Waals surface area contributed by atoms with Crippen molar-refractivity contribution in [1.29, 1.82) is 0 Å². The molecule has 1 aliphatic heterocycles. The van der Waals surface area contributed by atoms with Gasteiger partial charge in [0.15, 0.2) is 0 Å². The summed E-state index contributed by atoms with van der Waals surface area (Å²) in [6.07, 6.45) is -2.42. The van der Waals surface area contributed by atoms with Gasteiger partial charge < -0.3 is 25.2 Å². The first-order chi connectivity index (χ1) is 10.1. The lowest BCUT2D eigenvalue weighted by Gasteiger charge is -2.14. The molecule has 1 aromatic rings. The van der Waals surface area contributed by atoms with E-state index >= 15 is 0 Å². The number of aliphatic hydroxyl groups is 1. The van der Waals surface area contributed by atoms with Crippen molar-refractivity contribution >= 4 is 12.2 Å². The largest absolute Gasteiger partial charge is 0.465 e. The molecule has 2 atom stereocenters. The second kappa shape index (κ2) is 6.94. The Balaban J connectivity index is 1.71. The van der Waals surface area contributed by atoms with Crippen molar-refractivity contribution in [2.24, 2.45) is 5.92 Å². The van der Waals surface area contributed by atoms with Gasteiger partial charge in [-0.3, -0.25) is 0 Å².